The van der Waals surface area contributed by atoms with E-state index in [1.54, 1.807) is 12.3 Å². The second-order valence-corrected chi connectivity index (χ2v) is 2.29. The Balaban J connectivity index is 2.27. The van der Waals surface area contributed by atoms with E-state index in [0.29, 0.717) is 0 Å². The van der Waals surface area contributed by atoms with E-state index in [4.69, 9.17) is 4.74 Å². The van der Waals surface area contributed by atoms with Crippen LogP contribution < -0.4 is 0 Å². The minimum Gasteiger partial charge on any atom is -0.494 e. The lowest BCUT2D eigenvalue weighted by Gasteiger charge is -2.11. The predicted octanol–water partition coefficient (Wildman–Crippen LogP) is 2.59. The van der Waals surface area contributed by atoms with Crippen molar-refractivity contribution in [2.75, 3.05) is 0 Å². The molecule has 0 bridgehead atoms. The van der Waals surface area contributed by atoms with Crippen molar-refractivity contribution in [3.8, 4) is 0 Å². The topological polar surface area (TPSA) is 9.23 Å². The highest BCUT2D eigenvalue weighted by Crippen LogP contribution is 2.06. The summed E-state index contributed by atoms with van der Waals surface area (Å²) < 4.78 is 5.27. The predicted molar refractivity (Wildman–Crippen MR) is 47.1 cm³/mol. The molecule has 0 aromatic heterocycles. The van der Waals surface area contributed by atoms with Gasteiger partial charge in [-0.1, -0.05) is 30.9 Å². The van der Waals surface area contributed by atoms with Crippen LogP contribution in [0.2, 0.25) is 0 Å². The second-order valence-electron chi connectivity index (χ2n) is 2.29. The van der Waals surface area contributed by atoms with Gasteiger partial charge in [-0.15, -0.1) is 0 Å². The van der Waals surface area contributed by atoms with Crippen LogP contribution >= 0.6 is 0 Å². The molecule has 1 heteroatoms. The molecule has 11 heavy (non-hydrogen) atoms. The number of rotatable bonds is 3. The van der Waals surface area contributed by atoms with Crippen molar-refractivity contribution < 1.29 is 4.74 Å². The molecule has 0 N–H and O–H groups in total. The first-order valence-electron chi connectivity index (χ1n) is 3.70. The first-order chi connectivity index (χ1) is 5.43. The van der Waals surface area contributed by atoms with Crippen LogP contribution in [0.1, 0.15) is 6.42 Å². The van der Waals surface area contributed by atoms with Gasteiger partial charge in [-0.3, -0.25) is 0 Å². The van der Waals surface area contributed by atoms with Crippen molar-refractivity contribution >= 4 is 0 Å². The van der Waals surface area contributed by atoms with Crippen molar-refractivity contribution in [2.24, 2.45) is 0 Å². The van der Waals surface area contributed by atoms with Crippen molar-refractivity contribution in [2.45, 2.75) is 12.5 Å². The highest BCUT2D eigenvalue weighted by molar-refractivity contribution is 5.09. The van der Waals surface area contributed by atoms with E-state index in [1.165, 1.54) is 0 Å². The molecular weight excluding hydrogens is 136 g/mol. The molecule has 0 saturated carbocycles. The zero-order valence-corrected chi connectivity index (χ0v) is 6.44. The summed E-state index contributed by atoms with van der Waals surface area (Å²) in [4.78, 5) is 0. The molecule has 1 nitrogen and oxygen atoms in total. The Morgan fingerprint density at radius 3 is 3.00 bits per heavy atom. The fraction of sp³-hybridized carbons (Fsp3) is 0.200. The normalized spacial score (nSPS) is 22.0. The Labute approximate surface area is 67.4 Å². The fourth-order valence-corrected chi connectivity index (χ4v) is 0.868. The van der Waals surface area contributed by atoms with Gasteiger partial charge >= 0.3 is 0 Å². The van der Waals surface area contributed by atoms with Crippen LogP contribution in [0.25, 0.3) is 0 Å². The average molecular weight is 148 g/mol. The Bertz CT molecular complexity index is 199. The third kappa shape index (κ3) is 2.89. The van der Waals surface area contributed by atoms with Crippen LogP contribution in [-0.2, 0) is 4.74 Å². The zero-order chi connectivity index (χ0) is 7.94. The van der Waals surface area contributed by atoms with E-state index in [2.05, 4.69) is 6.58 Å². The summed E-state index contributed by atoms with van der Waals surface area (Å²) in [6.07, 6.45) is 14.5. The van der Waals surface area contributed by atoms with E-state index in [1.807, 2.05) is 30.4 Å². The van der Waals surface area contributed by atoms with E-state index in [9.17, 15) is 0 Å². The van der Waals surface area contributed by atoms with E-state index in [-0.39, 0.29) is 6.10 Å². The SMILES string of the molecule is C=C/C=C/CC1C=CC=CO1. The van der Waals surface area contributed by atoms with Gasteiger partial charge in [0.2, 0.25) is 0 Å². The Morgan fingerprint density at radius 1 is 1.45 bits per heavy atom. The summed E-state index contributed by atoms with van der Waals surface area (Å²) in [5.74, 6) is 0. The van der Waals surface area contributed by atoms with Crippen molar-refractivity contribution in [1.29, 1.82) is 0 Å². The molecule has 0 saturated heterocycles. The second kappa shape index (κ2) is 4.56. The Kier molecular flexibility index (Phi) is 3.26. The third-order valence-electron chi connectivity index (χ3n) is 1.41. The van der Waals surface area contributed by atoms with Gasteiger partial charge in [-0.2, -0.15) is 0 Å². The maximum absolute atomic E-state index is 5.27. The number of allylic oxidation sites excluding steroid dienone is 4. The molecule has 0 aliphatic carbocycles. The molecule has 58 valence electrons. The monoisotopic (exact) mass is 148 g/mol. The van der Waals surface area contributed by atoms with E-state index >= 15 is 0 Å². The van der Waals surface area contributed by atoms with Crippen LogP contribution in [0.5, 0.6) is 0 Å². The lowest BCUT2D eigenvalue weighted by atomic mass is 10.2. The zero-order valence-electron chi connectivity index (χ0n) is 6.44. The largest absolute Gasteiger partial charge is 0.494 e. The van der Waals surface area contributed by atoms with Crippen LogP contribution in [0, 0.1) is 0 Å². The minimum atomic E-state index is 0.205. The molecule has 0 aromatic rings. The molecular formula is C10H12O. The molecule has 0 fully saturated rings. The van der Waals surface area contributed by atoms with Gasteiger partial charge in [0.1, 0.15) is 6.10 Å². The summed E-state index contributed by atoms with van der Waals surface area (Å²) in [6, 6.07) is 0. The summed E-state index contributed by atoms with van der Waals surface area (Å²) in [7, 11) is 0. The molecule has 0 amide bonds. The fourth-order valence-electron chi connectivity index (χ4n) is 0.868. The average Bonchev–Trinajstić information content (AvgIpc) is 2.07. The van der Waals surface area contributed by atoms with Gasteiger partial charge in [0.25, 0.3) is 0 Å². The molecule has 1 heterocycles. The first kappa shape index (κ1) is 7.86. The lowest BCUT2D eigenvalue weighted by molar-refractivity contribution is 0.186. The molecule has 1 rings (SSSR count). The summed E-state index contributed by atoms with van der Waals surface area (Å²) in [6.45, 7) is 3.58. The number of ether oxygens (including phenoxy) is 1. The van der Waals surface area contributed by atoms with Gasteiger partial charge in [0, 0.05) is 6.42 Å². The number of hydrogen-bond acceptors (Lipinski definition) is 1. The highest BCUT2D eigenvalue weighted by atomic mass is 16.5. The minimum absolute atomic E-state index is 0.205. The molecule has 0 spiro atoms. The van der Waals surface area contributed by atoms with Gasteiger partial charge in [-0.25, -0.2) is 0 Å². The molecule has 1 aliphatic heterocycles. The quantitative estimate of drug-likeness (QED) is 0.559. The first-order valence-corrected chi connectivity index (χ1v) is 3.70. The molecule has 1 unspecified atom stereocenters. The standard InChI is InChI=1S/C10H12O/c1-2-3-4-7-10-8-5-6-9-11-10/h2-6,8-10H,1,7H2/b4-3+. The maximum atomic E-state index is 5.27. The highest BCUT2D eigenvalue weighted by Gasteiger charge is 2.01. The van der Waals surface area contributed by atoms with Gasteiger partial charge in [0.15, 0.2) is 0 Å². The van der Waals surface area contributed by atoms with Crippen LogP contribution in [-0.4, -0.2) is 6.10 Å². The number of hydrogen-bond donors (Lipinski definition) is 0. The van der Waals surface area contributed by atoms with Crippen LogP contribution in [0.3, 0.4) is 0 Å². The summed E-state index contributed by atoms with van der Waals surface area (Å²) in [5, 5.41) is 0. The van der Waals surface area contributed by atoms with E-state index in [0.717, 1.165) is 6.42 Å². The third-order valence-corrected chi connectivity index (χ3v) is 1.41. The van der Waals surface area contributed by atoms with Gasteiger partial charge < -0.3 is 4.74 Å². The summed E-state index contributed by atoms with van der Waals surface area (Å²) in [5.41, 5.74) is 0. The van der Waals surface area contributed by atoms with Crippen LogP contribution in [0.4, 0.5) is 0 Å². The lowest BCUT2D eigenvalue weighted by Crippen LogP contribution is -2.05. The molecule has 1 aliphatic rings. The molecule has 1 atom stereocenters. The molecule has 0 aromatic carbocycles. The van der Waals surface area contributed by atoms with Crippen molar-refractivity contribution in [3.63, 3.8) is 0 Å². The maximum Gasteiger partial charge on any atom is 0.120 e. The van der Waals surface area contributed by atoms with Crippen LogP contribution in [0.15, 0.2) is 49.3 Å². The van der Waals surface area contributed by atoms with Gasteiger partial charge in [0.05, 0.1) is 6.26 Å². The Hall–Kier alpha value is -1.24. The van der Waals surface area contributed by atoms with Gasteiger partial charge in [-0.05, 0) is 12.2 Å². The van der Waals surface area contributed by atoms with E-state index < -0.39 is 0 Å². The molecule has 0 radical (unpaired) electrons. The summed E-state index contributed by atoms with van der Waals surface area (Å²) >= 11 is 0. The van der Waals surface area contributed by atoms with Crippen molar-refractivity contribution in [1.82, 2.24) is 0 Å². The Morgan fingerprint density at radius 2 is 2.36 bits per heavy atom. The smallest absolute Gasteiger partial charge is 0.120 e. The van der Waals surface area contributed by atoms with Crippen molar-refractivity contribution in [3.05, 3.63) is 49.3 Å².